The van der Waals surface area contributed by atoms with E-state index in [0.717, 1.165) is 64.3 Å². The van der Waals surface area contributed by atoms with Crippen LogP contribution in [0.1, 0.15) is 64.7 Å². The summed E-state index contributed by atoms with van der Waals surface area (Å²) in [4.78, 5) is 0. The molecule has 5 fully saturated rings. The van der Waals surface area contributed by atoms with Gasteiger partial charge in [-0.15, -0.1) is 6.58 Å². The maximum atomic E-state index is 6.69. The van der Waals surface area contributed by atoms with E-state index in [0.29, 0.717) is 12.0 Å². The predicted octanol–water partition coefficient (Wildman–Crippen LogP) is 4.54. The second-order valence-corrected chi connectivity index (χ2v) is 10.3. The zero-order chi connectivity index (χ0) is 19.0. The van der Waals surface area contributed by atoms with Crippen molar-refractivity contribution in [3.05, 3.63) is 24.3 Å². The maximum absolute atomic E-state index is 6.69. The van der Waals surface area contributed by atoms with E-state index in [2.05, 4.69) is 19.6 Å². The summed E-state index contributed by atoms with van der Waals surface area (Å²) >= 11 is 0. The molecule has 154 valence electrons. The van der Waals surface area contributed by atoms with Crippen molar-refractivity contribution in [1.82, 2.24) is 0 Å². The van der Waals surface area contributed by atoms with Crippen LogP contribution in [0.3, 0.4) is 0 Å². The highest BCUT2D eigenvalue weighted by atomic mass is 16.7. The average molecular weight is 387 g/mol. The second-order valence-electron chi connectivity index (χ2n) is 10.3. The van der Waals surface area contributed by atoms with Gasteiger partial charge < -0.3 is 18.9 Å². The summed E-state index contributed by atoms with van der Waals surface area (Å²) < 4.78 is 25.1. The van der Waals surface area contributed by atoms with Crippen LogP contribution >= 0.6 is 0 Å². The van der Waals surface area contributed by atoms with Gasteiger partial charge >= 0.3 is 0 Å². The van der Waals surface area contributed by atoms with Crippen LogP contribution in [-0.4, -0.2) is 42.9 Å². The summed E-state index contributed by atoms with van der Waals surface area (Å²) in [6.07, 6.45) is 14.9. The second kappa shape index (κ2) is 5.94. The lowest BCUT2D eigenvalue weighted by Crippen LogP contribution is -2.52. The molecule has 0 radical (unpaired) electrons. The molecule has 4 aliphatic carbocycles. The molecule has 6 rings (SSSR count). The summed E-state index contributed by atoms with van der Waals surface area (Å²) in [6.45, 7) is 8.61. The van der Waals surface area contributed by atoms with Crippen molar-refractivity contribution in [2.45, 2.75) is 87.8 Å². The third-order valence-corrected chi connectivity index (χ3v) is 9.23. The van der Waals surface area contributed by atoms with E-state index in [1.165, 1.54) is 19.3 Å². The topological polar surface area (TPSA) is 40.2 Å². The van der Waals surface area contributed by atoms with Gasteiger partial charge in [0.25, 0.3) is 0 Å². The zero-order valence-corrected chi connectivity index (χ0v) is 17.2. The van der Waals surface area contributed by atoms with Crippen molar-refractivity contribution >= 4 is 0 Å². The minimum atomic E-state index is -0.353. The number of epoxide rings is 1. The van der Waals surface area contributed by atoms with Gasteiger partial charge in [-0.3, -0.25) is 0 Å². The number of ether oxygens (including phenoxy) is 4. The number of hydrogen-bond acceptors (Lipinski definition) is 4. The van der Waals surface area contributed by atoms with E-state index < -0.39 is 0 Å². The lowest BCUT2D eigenvalue weighted by atomic mass is 9.54. The molecule has 0 aromatic heterocycles. The van der Waals surface area contributed by atoms with Crippen molar-refractivity contribution < 1.29 is 18.9 Å². The fourth-order valence-corrected chi connectivity index (χ4v) is 7.85. The molecule has 3 saturated carbocycles. The quantitative estimate of drug-likeness (QED) is 0.404. The highest BCUT2D eigenvalue weighted by Crippen LogP contribution is 2.73. The highest BCUT2D eigenvalue weighted by molar-refractivity contribution is 5.43. The van der Waals surface area contributed by atoms with Gasteiger partial charge in [0.1, 0.15) is 11.2 Å². The van der Waals surface area contributed by atoms with Gasteiger partial charge in [0.05, 0.1) is 25.9 Å². The van der Waals surface area contributed by atoms with Crippen LogP contribution in [0.15, 0.2) is 24.3 Å². The average Bonchev–Trinajstić information content (AvgIpc) is 2.95. The number of fused-ring (bicyclic) bond motifs is 3. The van der Waals surface area contributed by atoms with Gasteiger partial charge in [0, 0.05) is 18.3 Å². The monoisotopic (exact) mass is 386 g/mol. The molecule has 0 bridgehead atoms. The Morgan fingerprint density at radius 3 is 2.86 bits per heavy atom. The molecule has 28 heavy (non-hydrogen) atoms. The number of rotatable bonds is 4. The van der Waals surface area contributed by atoms with Crippen LogP contribution in [0, 0.1) is 17.3 Å². The summed E-state index contributed by atoms with van der Waals surface area (Å²) in [6, 6.07) is 0. The van der Waals surface area contributed by atoms with E-state index >= 15 is 0 Å². The van der Waals surface area contributed by atoms with Crippen LogP contribution < -0.4 is 0 Å². The zero-order valence-electron chi connectivity index (χ0n) is 17.2. The van der Waals surface area contributed by atoms with Crippen molar-refractivity contribution in [3.8, 4) is 0 Å². The summed E-state index contributed by atoms with van der Waals surface area (Å²) in [7, 11) is 0. The Labute approximate surface area is 168 Å². The molecule has 6 atom stereocenters. The minimum Gasteiger partial charge on any atom is -0.377 e. The summed E-state index contributed by atoms with van der Waals surface area (Å²) in [5.41, 5.74) is 1.92. The Kier molecular flexibility index (Phi) is 3.84. The van der Waals surface area contributed by atoms with Crippen molar-refractivity contribution in [2.24, 2.45) is 17.3 Å². The molecule has 4 nitrogen and oxygen atoms in total. The SMILES string of the molecule is C=CCCOC1CC[C@H]2C3CC[C@@]45CC6(CC[C@@]4(O5)C3=CC[C@]12C)OCCO6. The van der Waals surface area contributed by atoms with Crippen molar-refractivity contribution in [1.29, 1.82) is 0 Å². The molecule has 4 heteroatoms. The standard InChI is InChI=1S/C24H34O4/c1-3-4-13-25-20-6-5-18-17-7-10-22-16-23(26-14-15-27-23)11-12-24(22,28-22)19(17)8-9-21(18,20)2/h3,8,17-18,20H,1,4-7,9-16H2,2H3/t17?,18-,20?,21-,22+,24+/m0/s1. The van der Waals surface area contributed by atoms with Crippen LogP contribution in [0.4, 0.5) is 0 Å². The van der Waals surface area contributed by atoms with Gasteiger partial charge in [-0.05, 0) is 62.4 Å². The minimum absolute atomic E-state index is 0.000406. The summed E-state index contributed by atoms with van der Waals surface area (Å²) in [5, 5.41) is 0. The first kappa shape index (κ1) is 18.1. The largest absolute Gasteiger partial charge is 0.377 e. The van der Waals surface area contributed by atoms with E-state index in [-0.39, 0.29) is 22.4 Å². The first-order chi connectivity index (χ1) is 13.6. The first-order valence-corrected chi connectivity index (χ1v) is 11.5. The molecule has 6 aliphatic rings. The van der Waals surface area contributed by atoms with Gasteiger partial charge in [-0.1, -0.05) is 19.1 Å². The first-order valence-electron chi connectivity index (χ1n) is 11.5. The highest BCUT2D eigenvalue weighted by Gasteiger charge is 2.79. The fraction of sp³-hybridized carbons (Fsp3) is 0.833. The van der Waals surface area contributed by atoms with Gasteiger partial charge in [0.2, 0.25) is 0 Å². The molecular weight excluding hydrogens is 352 g/mol. The van der Waals surface area contributed by atoms with Crippen LogP contribution in [-0.2, 0) is 18.9 Å². The third-order valence-electron chi connectivity index (χ3n) is 9.23. The van der Waals surface area contributed by atoms with E-state index in [9.17, 15) is 0 Å². The Balaban J connectivity index is 1.25. The third kappa shape index (κ3) is 2.21. The maximum Gasteiger partial charge on any atom is 0.171 e. The predicted molar refractivity (Wildman–Crippen MR) is 106 cm³/mol. The lowest BCUT2D eigenvalue weighted by Gasteiger charge is -2.50. The van der Waals surface area contributed by atoms with Crippen molar-refractivity contribution in [3.63, 3.8) is 0 Å². The Morgan fingerprint density at radius 2 is 2.04 bits per heavy atom. The molecule has 2 saturated heterocycles. The molecule has 0 aromatic rings. The molecule has 0 aromatic carbocycles. The number of hydrogen-bond donors (Lipinski definition) is 0. The van der Waals surface area contributed by atoms with E-state index in [1.54, 1.807) is 5.57 Å². The fourth-order valence-electron chi connectivity index (χ4n) is 7.85. The Morgan fingerprint density at radius 1 is 1.18 bits per heavy atom. The Bertz CT molecular complexity index is 709. The molecular formula is C24H34O4. The van der Waals surface area contributed by atoms with E-state index in [1.807, 2.05) is 6.08 Å². The van der Waals surface area contributed by atoms with Gasteiger partial charge in [-0.2, -0.15) is 0 Å². The smallest absolute Gasteiger partial charge is 0.171 e. The van der Waals surface area contributed by atoms with Crippen LogP contribution in [0.5, 0.6) is 0 Å². The Hall–Kier alpha value is -0.680. The molecule has 0 amide bonds. The summed E-state index contributed by atoms with van der Waals surface area (Å²) in [5.74, 6) is 1.07. The normalized spacial score (nSPS) is 50.3. The van der Waals surface area contributed by atoms with Gasteiger partial charge in [-0.25, -0.2) is 0 Å². The van der Waals surface area contributed by atoms with Crippen LogP contribution in [0.25, 0.3) is 0 Å². The molecule has 0 N–H and O–H groups in total. The van der Waals surface area contributed by atoms with Crippen LogP contribution in [0.2, 0.25) is 0 Å². The van der Waals surface area contributed by atoms with Crippen molar-refractivity contribution in [2.75, 3.05) is 19.8 Å². The number of allylic oxidation sites excluding steroid dienone is 1. The lowest BCUT2D eigenvalue weighted by molar-refractivity contribution is -0.185. The van der Waals surface area contributed by atoms with E-state index in [4.69, 9.17) is 18.9 Å². The molecule has 1 spiro atoms. The van der Waals surface area contributed by atoms with Gasteiger partial charge in [0.15, 0.2) is 5.79 Å². The molecule has 2 aliphatic heterocycles. The molecule has 2 unspecified atom stereocenters. The molecule has 2 heterocycles.